The summed E-state index contributed by atoms with van der Waals surface area (Å²) < 4.78 is 5.11. The fraction of sp³-hybridized carbons (Fsp3) is 0.500. The highest BCUT2D eigenvalue weighted by atomic mass is 16.5. The minimum Gasteiger partial charge on any atom is -0.497 e. The van der Waals surface area contributed by atoms with Crippen LogP contribution in [-0.2, 0) is 0 Å². The molecule has 2 atom stereocenters. The Bertz CT molecular complexity index is 310. The van der Waals surface area contributed by atoms with E-state index in [0.29, 0.717) is 0 Å². The maximum atomic E-state index is 9.88. The first kappa shape index (κ1) is 10.5. The fourth-order valence-electron chi connectivity index (χ4n) is 2.04. The summed E-state index contributed by atoms with van der Waals surface area (Å²) >= 11 is 0. The number of hydrogen-bond donors (Lipinski definition) is 2. The second-order valence-electron chi connectivity index (χ2n) is 3.94. The molecular formula is C12H17NO2. The minimum absolute atomic E-state index is 0.213. The maximum Gasteiger partial charge on any atom is 0.118 e. The summed E-state index contributed by atoms with van der Waals surface area (Å²) in [5.41, 5.74) is 1.18. The number of piperidine rings is 1. The van der Waals surface area contributed by atoms with E-state index in [0.717, 1.165) is 25.3 Å². The van der Waals surface area contributed by atoms with Crippen LogP contribution in [0.25, 0.3) is 0 Å². The fourth-order valence-corrected chi connectivity index (χ4v) is 2.04. The smallest absolute Gasteiger partial charge is 0.118 e. The average molecular weight is 207 g/mol. The molecule has 2 N–H and O–H groups in total. The summed E-state index contributed by atoms with van der Waals surface area (Å²) in [5.74, 6) is 1.07. The van der Waals surface area contributed by atoms with Crippen molar-refractivity contribution < 1.29 is 9.84 Å². The first-order valence-electron chi connectivity index (χ1n) is 5.34. The molecule has 1 fully saturated rings. The molecule has 1 heterocycles. The number of hydrogen-bond acceptors (Lipinski definition) is 3. The van der Waals surface area contributed by atoms with Crippen molar-refractivity contribution in [3.63, 3.8) is 0 Å². The quantitative estimate of drug-likeness (QED) is 0.764. The lowest BCUT2D eigenvalue weighted by atomic mass is 9.89. The van der Waals surface area contributed by atoms with E-state index < -0.39 is 0 Å². The monoisotopic (exact) mass is 207 g/mol. The Morgan fingerprint density at radius 1 is 1.33 bits per heavy atom. The summed E-state index contributed by atoms with van der Waals surface area (Å²) in [6.45, 7) is 1.77. The predicted molar refractivity (Wildman–Crippen MR) is 59.2 cm³/mol. The van der Waals surface area contributed by atoms with E-state index in [4.69, 9.17) is 4.74 Å². The third-order valence-electron chi connectivity index (χ3n) is 2.99. The molecule has 1 saturated heterocycles. The van der Waals surface area contributed by atoms with Gasteiger partial charge in [0.1, 0.15) is 5.75 Å². The number of methoxy groups -OCH3 is 1. The summed E-state index contributed by atoms with van der Waals surface area (Å²) in [5, 5.41) is 13.2. The Morgan fingerprint density at radius 3 is 2.67 bits per heavy atom. The number of nitrogens with one attached hydrogen (secondary N) is 1. The highest BCUT2D eigenvalue weighted by Crippen LogP contribution is 2.25. The zero-order valence-corrected chi connectivity index (χ0v) is 8.94. The Labute approximate surface area is 90.1 Å². The summed E-state index contributed by atoms with van der Waals surface area (Å²) in [4.78, 5) is 0. The van der Waals surface area contributed by atoms with Crippen molar-refractivity contribution in [3.05, 3.63) is 29.8 Å². The molecule has 0 aromatic heterocycles. The van der Waals surface area contributed by atoms with E-state index in [-0.39, 0.29) is 12.0 Å². The Balaban J connectivity index is 2.13. The van der Waals surface area contributed by atoms with Crippen LogP contribution in [0.15, 0.2) is 24.3 Å². The van der Waals surface area contributed by atoms with Gasteiger partial charge in [0.15, 0.2) is 0 Å². The molecule has 0 aliphatic carbocycles. The van der Waals surface area contributed by atoms with Gasteiger partial charge in [-0.2, -0.15) is 0 Å². The first-order valence-corrected chi connectivity index (χ1v) is 5.34. The molecule has 0 radical (unpaired) electrons. The van der Waals surface area contributed by atoms with E-state index in [1.807, 2.05) is 24.3 Å². The van der Waals surface area contributed by atoms with Crippen molar-refractivity contribution in [2.24, 2.45) is 0 Å². The number of benzene rings is 1. The molecule has 3 nitrogen and oxygen atoms in total. The van der Waals surface area contributed by atoms with Gasteiger partial charge in [0, 0.05) is 12.5 Å². The molecule has 3 heteroatoms. The van der Waals surface area contributed by atoms with Gasteiger partial charge < -0.3 is 15.2 Å². The van der Waals surface area contributed by atoms with Crippen LogP contribution < -0.4 is 10.1 Å². The van der Waals surface area contributed by atoms with Gasteiger partial charge in [-0.1, -0.05) is 12.1 Å². The Kier molecular flexibility index (Phi) is 3.23. The van der Waals surface area contributed by atoms with Crippen molar-refractivity contribution in [2.75, 3.05) is 20.2 Å². The molecule has 1 aliphatic heterocycles. The third-order valence-corrected chi connectivity index (χ3v) is 2.99. The van der Waals surface area contributed by atoms with Crippen LogP contribution >= 0.6 is 0 Å². The average Bonchev–Trinajstić information content (AvgIpc) is 2.30. The van der Waals surface area contributed by atoms with Gasteiger partial charge in [-0.3, -0.25) is 0 Å². The number of aliphatic hydroxyl groups excluding tert-OH is 1. The molecule has 1 aromatic rings. The second kappa shape index (κ2) is 4.64. The summed E-state index contributed by atoms with van der Waals surface area (Å²) in [6, 6.07) is 7.94. The van der Waals surface area contributed by atoms with Gasteiger partial charge in [0.25, 0.3) is 0 Å². The molecule has 15 heavy (non-hydrogen) atoms. The van der Waals surface area contributed by atoms with Gasteiger partial charge in [-0.15, -0.1) is 0 Å². The normalized spacial score (nSPS) is 26.3. The van der Waals surface area contributed by atoms with Crippen molar-refractivity contribution in [1.29, 1.82) is 0 Å². The first-order chi connectivity index (χ1) is 7.31. The van der Waals surface area contributed by atoms with Gasteiger partial charge in [0.05, 0.1) is 13.2 Å². The SMILES string of the molecule is COc1ccc(C2CNCCC2O)cc1. The number of ether oxygens (including phenoxy) is 1. The van der Waals surface area contributed by atoms with Crippen LogP contribution in [0.1, 0.15) is 17.9 Å². The molecule has 82 valence electrons. The Hall–Kier alpha value is -1.06. The zero-order chi connectivity index (χ0) is 10.7. The molecule has 2 rings (SSSR count). The highest BCUT2D eigenvalue weighted by molar-refractivity contribution is 5.30. The molecule has 0 spiro atoms. The number of rotatable bonds is 2. The van der Waals surface area contributed by atoms with Crippen LogP contribution in [0, 0.1) is 0 Å². The van der Waals surface area contributed by atoms with Crippen LogP contribution in [0.4, 0.5) is 0 Å². The second-order valence-corrected chi connectivity index (χ2v) is 3.94. The minimum atomic E-state index is -0.223. The van der Waals surface area contributed by atoms with Gasteiger partial charge in [-0.05, 0) is 30.7 Å². The molecule has 0 bridgehead atoms. The molecule has 0 amide bonds. The van der Waals surface area contributed by atoms with Crippen molar-refractivity contribution in [2.45, 2.75) is 18.4 Å². The molecule has 1 aliphatic rings. The van der Waals surface area contributed by atoms with Crippen LogP contribution in [-0.4, -0.2) is 31.4 Å². The van der Waals surface area contributed by atoms with Crippen LogP contribution in [0.5, 0.6) is 5.75 Å². The summed E-state index contributed by atoms with van der Waals surface area (Å²) in [7, 11) is 1.66. The van der Waals surface area contributed by atoms with E-state index >= 15 is 0 Å². The molecule has 1 aromatic carbocycles. The van der Waals surface area contributed by atoms with Gasteiger partial charge in [0.2, 0.25) is 0 Å². The molecule has 2 unspecified atom stereocenters. The van der Waals surface area contributed by atoms with Crippen LogP contribution in [0.2, 0.25) is 0 Å². The lowest BCUT2D eigenvalue weighted by Gasteiger charge is -2.28. The zero-order valence-electron chi connectivity index (χ0n) is 8.94. The van der Waals surface area contributed by atoms with E-state index in [2.05, 4.69) is 5.32 Å². The largest absolute Gasteiger partial charge is 0.497 e. The van der Waals surface area contributed by atoms with Crippen molar-refractivity contribution >= 4 is 0 Å². The standard InChI is InChI=1S/C12H17NO2/c1-15-10-4-2-9(3-5-10)11-8-13-7-6-12(11)14/h2-5,11-14H,6-8H2,1H3. The molecule has 0 saturated carbocycles. The summed E-state index contributed by atoms with van der Waals surface area (Å²) in [6.07, 6.45) is 0.608. The highest BCUT2D eigenvalue weighted by Gasteiger charge is 2.23. The lowest BCUT2D eigenvalue weighted by molar-refractivity contribution is 0.114. The van der Waals surface area contributed by atoms with Crippen molar-refractivity contribution in [1.82, 2.24) is 5.32 Å². The topological polar surface area (TPSA) is 41.5 Å². The maximum absolute atomic E-state index is 9.88. The number of aliphatic hydroxyl groups is 1. The van der Waals surface area contributed by atoms with Crippen molar-refractivity contribution in [3.8, 4) is 5.75 Å². The van der Waals surface area contributed by atoms with Crippen LogP contribution in [0.3, 0.4) is 0 Å². The Morgan fingerprint density at radius 2 is 2.07 bits per heavy atom. The van der Waals surface area contributed by atoms with E-state index in [1.54, 1.807) is 7.11 Å². The lowest BCUT2D eigenvalue weighted by Crippen LogP contribution is -2.38. The third kappa shape index (κ3) is 2.30. The predicted octanol–water partition coefficient (Wildman–Crippen LogP) is 1.13. The van der Waals surface area contributed by atoms with Gasteiger partial charge >= 0.3 is 0 Å². The van der Waals surface area contributed by atoms with E-state index in [9.17, 15) is 5.11 Å². The van der Waals surface area contributed by atoms with E-state index in [1.165, 1.54) is 5.56 Å². The van der Waals surface area contributed by atoms with Gasteiger partial charge in [-0.25, -0.2) is 0 Å². The molecular weight excluding hydrogens is 190 g/mol.